The summed E-state index contributed by atoms with van der Waals surface area (Å²) in [7, 11) is 0. The lowest BCUT2D eigenvalue weighted by Crippen LogP contribution is -2.21. The van der Waals surface area contributed by atoms with Crippen LogP contribution in [-0.4, -0.2) is 16.1 Å². The molecular weight excluding hydrogens is 321 g/mol. The van der Waals surface area contributed by atoms with Crippen molar-refractivity contribution in [3.05, 3.63) is 52.3 Å². The van der Waals surface area contributed by atoms with Gasteiger partial charge in [-0.1, -0.05) is 35.8 Å². The third kappa shape index (κ3) is 4.15. The summed E-state index contributed by atoms with van der Waals surface area (Å²) in [6.45, 7) is 6.47. The van der Waals surface area contributed by atoms with Crippen LogP contribution in [0.5, 0.6) is 0 Å². The quantitative estimate of drug-likeness (QED) is 0.871. The zero-order valence-electron chi connectivity index (χ0n) is 11.7. The Labute approximate surface area is 127 Å². The van der Waals surface area contributed by atoms with Gasteiger partial charge in [0, 0.05) is 22.4 Å². The molecule has 1 aromatic heterocycles. The van der Waals surface area contributed by atoms with E-state index >= 15 is 0 Å². The first kappa shape index (κ1) is 15.2. The second-order valence-electron chi connectivity index (χ2n) is 5.23. The summed E-state index contributed by atoms with van der Waals surface area (Å²) in [6, 6.07) is 5.14. The molecule has 0 bridgehead atoms. The average molecular weight is 340 g/mol. The monoisotopic (exact) mass is 339 g/mol. The Kier molecular flexibility index (Phi) is 5.31. The first-order valence-electron chi connectivity index (χ1n) is 6.71. The molecule has 0 saturated heterocycles. The zero-order valence-corrected chi connectivity index (χ0v) is 13.3. The maximum atomic E-state index is 13.9. The van der Waals surface area contributed by atoms with Gasteiger partial charge in [0.1, 0.15) is 11.6 Å². The van der Waals surface area contributed by atoms with Crippen molar-refractivity contribution in [2.45, 2.75) is 26.9 Å². The van der Waals surface area contributed by atoms with Crippen LogP contribution < -0.4 is 5.32 Å². The second-order valence-corrected chi connectivity index (χ2v) is 6.15. The molecule has 0 atom stereocenters. The fourth-order valence-electron chi connectivity index (χ4n) is 1.96. The normalized spacial score (nSPS) is 11.2. The van der Waals surface area contributed by atoms with E-state index in [1.54, 1.807) is 12.3 Å². The molecule has 3 nitrogen and oxygen atoms in total. The predicted octanol–water partition coefficient (Wildman–Crippen LogP) is 3.58. The number of nitrogens with zero attached hydrogens (tertiary/aromatic N) is 2. The van der Waals surface area contributed by atoms with Gasteiger partial charge in [-0.05, 0) is 24.6 Å². The van der Waals surface area contributed by atoms with Crippen LogP contribution >= 0.6 is 15.9 Å². The van der Waals surface area contributed by atoms with Gasteiger partial charge in [-0.15, -0.1) is 0 Å². The zero-order chi connectivity index (χ0) is 14.5. The summed E-state index contributed by atoms with van der Waals surface area (Å²) in [5, 5.41) is 3.35. The summed E-state index contributed by atoms with van der Waals surface area (Å²) >= 11 is 3.27. The van der Waals surface area contributed by atoms with E-state index in [-0.39, 0.29) is 5.82 Å². The molecule has 0 unspecified atom stereocenters. The molecule has 2 aromatic rings. The highest BCUT2D eigenvalue weighted by molar-refractivity contribution is 9.10. The van der Waals surface area contributed by atoms with E-state index in [2.05, 4.69) is 40.1 Å². The Bertz CT molecular complexity index is 566. The second kappa shape index (κ2) is 6.99. The molecule has 0 amide bonds. The topological polar surface area (TPSA) is 29.9 Å². The van der Waals surface area contributed by atoms with Gasteiger partial charge in [0.05, 0.1) is 13.1 Å². The van der Waals surface area contributed by atoms with Crippen LogP contribution in [0.3, 0.4) is 0 Å². The molecular formula is C15H19BrFN3. The summed E-state index contributed by atoms with van der Waals surface area (Å²) in [5.41, 5.74) is 0.663. The molecule has 108 valence electrons. The molecule has 0 fully saturated rings. The average Bonchev–Trinajstić information content (AvgIpc) is 2.80. The van der Waals surface area contributed by atoms with Crippen LogP contribution in [0.1, 0.15) is 25.2 Å². The minimum absolute atomic E-state index is 0.200. The van der Waals surface area contributed by atoms with E-state index in [1.807, 2.05) is 16.8 Å². The molecule has 0 saturated carbocycles. The highest BCUT2D eigenvalue weighted by atomic mass is 79.9. The maximum absolute atomic E-state index is 13.9. The number of halogens is 2. The smallest absolute Gasteiger partial charge is 0.129 e. The SMILES string of the molecule is CC(C)CNCc1nccn1Cc1ccc(Br)cc1F. The number of imidazole rings is 1. The maximum Gasteiger partial charge on any atom is 0.129 e. The van der Waals surface area contributed by atoms with Gasteiger partial charge in [-0.25, -0.2) is 9.37 Å². The minimum atomic E-state index is -0.200. The van der Waals surface area contributed by atoms with E-state index in [4.69, 9.17) is 0 Å². The lowest BCUT2D eigenvalue weighted by Gasteiger charge is -2.11. The number of hydrogen-bond donors (Lipinski definition) is 1. The van der Waals surface area contributed by atoms with Gasteiger partial charge in [0.15, 0.2) is 0 Å². The number of rotatable bonds is 6. The molecule has 0 radical (unpaired) electrons. The van der Waals surface area contributed by atoms with Crippen molar-refractivity contribution in [3.63, 3.8) is 0 Å². The van der Waals surface area contributed by atoms with Crippen LogP contribution in [0.4, 0.5) is 4.39 Å². The summed E-state index contributed by atoms with van der Waals surface area (Å²) in [4.78, 5) is 4.33. The summed E-state index contributed by atoms with van der Waals surface area (Å²) in [5.74, 6) is 1.32. The first-order chi connectivity index (χ1) is 9.56. The molecule has 1 aromatic carbocycles. The van der Waals surface area contributed by atoms with E-state index in [0.717, 1.165) is 16.8 Å². The van der Waals surface area contributed by atoms with Gasteiger partial charge in [-0.2, -0.15) is 0 Å². The third-order valence-corrected chi connectivity index (χ3v) is 3.49. The van der Waals surface area contributed by atoms with Crippen molar-refractivity contribution < 1.29 is 4.39 Å². The van der Waals surface area contributed by atoms with Gasteiger partial charge < -0.3 is 9.88 Å². The van der Waals surface area contributed by atoms with E-state index in [9.17, 15) is 4.39 Å². The molecule has 0 aliphatic carbocycles. The number of aromatic nitrogens is 2. The Morgan fingerprint density at radius 3 is 2.90 bits per heavy atom. The van der Waals surface area contributed by atoms with Gasteiger partial charge in [0.2, 0.25) is 0 Å². The van der Waals surface area contributed by atoms with Crippen LogP contribution in [0, 0.1) is 11.7 Å². The highest BCUT2D eigenvalue weighted by Crippen LogP contribution is 2.16. The molecule has 0 aliphatic heterocycles. The Balaban J connectivity index is 2.04. The van der Waals surface area contributed by atoms with Crippen LogP contribution in [-0.2, 0) is 13.1 Å². The standard InChI is InChI=1S/C15H19BrFN3/c1-11(2)8-18-9-15-19-5-6-20(15)10-12-3-4-13(16)7-14(12)17/h3-7,11,18H,8-10H2,1-2H3. The van der Waals surface area contributed by atoms with Gasteiger partial charge in [0.25, 0.3) is 0 Å². The number of hydrogen-bond acceptors (Lipinski definition) is 2. The fourth-order valence-corrected chi connectivity index (χ4v) is 2.29. The van der Waals surface area contributed by atoms with Crippen molar-refractivity contribution in [2.24, 2.45) is 5.92 Å². The fraction of sp³-hybridized carbons (Fsp3) is 0.400. The predicted molar refractivity (Wildman–Crippen MR) is 82.0 cm³/mol. The van der Waals surface area contributed by atoms with Crippen LogP contribution in [0.15, 0.2) is 35.1 Å². The van der Waals surface area contributed by atoms with Crippen LogP contribution in [0.2, 0.25) is 0 Å². The molecule has 1 heterocycles. The largest absolute Gasteiger partial charge is 0.329 e. The van der Waals surface area contributed by atoms with E-state index in [0.29, 0.717) is 24.6 Å². The molecule has 0 spiro atoms. The van der Waals surface area contributed by atoms with Crippen molar-refractivity contribution in [3.8, 4) is 0 Å². The van der Waals surface area contributed by atoms with Crippen LogP contribution in [0.25, 0.3) is 0 Å². The lowest BCUT2D eigenvalue weighted by molar-refractivity contribution is 0.530. The number of nitrogens with one attached hydrogen (secondary N) is 1. The Morgan fingerprint density at radius 2 is 2.20 bits per heavy atom. The van der Waals surface area contributed by atoms with Crippen molar-refractivity contribution >= 4 is 15.9 Å². The van der Waals surface area contributed by atoms with Gasteiger partial charge in [-0.3, -0.25) is 0 Å². The van der Waals surface area contributed by atoms with Crippen molar-refractivity contribution in [1.82, 2.24) is 14.9 Å². The molecule has 5 heteroatoms. The highest BCUT2D eigenvalue weighted by Gasteiger charge is 2.07. The number of benzene rings is 1. The molecule has 0 aliphatic rings. The van der Waals surface area contributed by atoms with E-state index in [1.165, 1.54) is 6.07 Å². The minimum Gasteiger partial charge on any atom is -0.329 e. The lowest BCUT2D eigenvalue weighted by atomic mass is 10.2. The Hall–Kier alpha value is -1.20. The van der Waals surface area contributed by atoms with E-state index < -0.39 is 0 Å². The third-order valence-electron chi connectivity index (χ3n) is 2.99. The van der Waals surface area contributed by atoms with Crippen molar-refractivity contribution in [2.75, 3.05) is 6.54 Å². The first-order valence-corrected chi connectivity index (χ1v) is 7.50. The molecule has 2 rings (SSSR count). The molecule has 1 N–H and O–H groups in total. The van der Waals surface area contributed by atoms with Crippen molar-refractivity contribution in [1.29, 1.82) is 0 Å². The van der Waals surface area contributed by atoms with Gasteiger partial charge >= 0.3 is 0 Å². The summed E-state index contributed by atoms with van der Waals surface area (Å²) in [6.07, 6.45) is 3.64. The molecule has 20 heavy (non-hydrogen) atoms. The Morgan fingerprint density at radius 1 is 1.40 bits per heavy atom. The summed E-state index contributed by atoms with van der Waals surface area (Å²) < 4.78 is 16.6.